The van der Waals surface area contributed by atoms with Gasteiger partial charge in [0.25, 0.3) is 0 Å². The number of imidazole rings is 1. The number of nitrogens with zero attached hydrogens (tertiary/aromatic N) is 2. The molecule has 0 fully saturated rings. The van der Waals surface area contributed by atoms with Gasteiger partial charge in [-0.3, -0.25) is 19.4 Å². The summed E-state index contributed by atoms with van der Waals surface area (Å²) in [5.74, 6) is -3.68. The Balaban J connectivity index is 2.09. The zero-order chi connectivity index (χ0) is 28.8. The molecule has 0 aliphatic heterocycles. The molecule has 1 heterocycles. The zero-order valence-corrected chi connectivity index (χ0v) is 21.2. The minimum absolute atomic E-state index is 0.0191. The predicted octanol–water partition coefficient (Wildman–Crippen LogP) is -2.89. The average Bonchev–Trinajstić information content (AvgIpc) is 3.42. The number of nitrogens with two attached hydrogens (primary N) is 3. The van der Waals surface area contributed by atoms with Crippen LogP contribution in [0, 0.1) is 0 Å². The standard InChI is InChI=1S/C24H35N9O6/c25-16(7-4-8-29-24(26)27)20(35)33-19(12-34)22(37)31-17(9-14-5-2-1-3-6-14)21(36)32-18(23(38)39)10-15-11-28-13-30-15/h1-3,5-6,11,13,16-19,34H,4,7-10,12,25H2,(H,28,30)(H,31,37)(H,32,36)(H,33,35)(H,38,39)(H4,26,27,29). The number of amides is 3. The number of aromatic amines is 1. The lowest BCUT2D eigenvalue weighted by Gasteiger charge is -2.24. The van der Waals surface area contributed by atoms with Crippen LogP contribution in [-0.4, -0.2) is 87.2 Å². The highest BCUT2D eigenvalue weighted by atomic mass is 16.4. The van der Waals surface area contributed by atoms with Crippen LogP contribution in [0.2, 0.25) is 0 Å². The van der Waals surface area contributed by atoms with Crippen molar-refractivity contribution in [2.24, 2.45) is 22.2 Å². The number of aliphatic imine (C=N–C) groups is 1. The van der Waals surface area contributed by atoms with E-state index >= 15 is 0 Å². The topological polar surface area (TPSA) is 264 Å². The molecule has 0 saturated carbocycles. The Morgan fingerprint density at radius 3 is 2.18 bits per heavy atom. The van der Waals surface area contributed by atoms with Crippen molar-refractivity contribution in [3.05, 3.63) is 54.1 Å². The SMILES string of the molecule is NC(N)=NCCCC(N)C(=O)NC(CO)C(=O)NC(Cc1ccccc1)C(=O)NC(Cc1cnc[nH]1)C(=O)O. The first-order valence-electron chi connectivity index (χ1n) is 12.2. The van der Waals surface area contributed by atoms with Crippen LogP contribution in [0.3, 0.4) is 0 Å². The van der Waals surface area contributed by atoms with E-state index in [1.165, 1.54) is 12.5 Å². The Morgan fingerprint density at radius 2 is 1.59 bits per heavy atom. The quantitative estimate of drug-likeness (QED) is 0.0590. The van der Waals surface area contributed by atoms with Crippen molar-refractivity contribution in [1.29, 1.82) is 0 Å². The smallest absolute Gasteiger partial charge is 0.326 e. The number of aliphatic hydroxyl groups excluding tert-OH is 1. The molecule has 2 rings (SSSR count). The van der Waals surface area contributed by atoms with E-state index in [0.29, 0.717) is 17.7 Å². The second-order valence-electron chi connectivity index (χ2n) is 8.73. The van der Waals surface area contributed by atoms with Crippen LogP contribution in [0.25, 0.3) is 0 Å². The normalized spacial score (nSPS) is 13.8. The van der Waals surface area contributed by atoms with Crippen molar-refractivity contribution in [1.82, 2.24) is 25.9 Å². The summed E-state index contributed by atoms with van der Waals surface area (Å²) in [7, 11) is 0. The molecule has 39 heavy (non-hydrogen) atoms. The molecule has 1 aromatic carbocycles. The number of nitrogens with one attached hydrogen (secondary N) is 4. The first-order chi connectivity index (χ1) is 18.6. The highest BCUT2D eigenvalue weighted by Crippen LogP contribution is 2.06. The fraction of sp³-hybridized carbons (Fsp3) is 0.417. The molecular weight excluding hydrogens is 510 g/mol. The van der Waals surface area contributed by atoms with Gasteiger partial charge in [-0.2, -0.15) is 0 Å². The summed E-state index contributed by atoms with van der Waals surface area (Å²) in [4.78, 5) is 60.8. The molecule has 212 valence electrons. The molecule has 1 aromatic heterocycles. The number of carbonyl (C=O) groups is 4. The molecule has 0 bridgehead atoms. The molecular formula is C24H35N9O6. The number of aliphatic hydroxyl groups is 1. The van der Waals surface area contributed by atoms with E-state index in [-0.39, 0.29) is 31.8 Å². The Morgan fingerprint density at radius 1 is 0.949 bits per heavy atom. The summed E-state index contributed by atoms with van der Waals surface area (Å²) in [5, 5.41) is 26.7. The van der Waals surface area contributed by atoms with Crippen LogP contribution < -0.4 is 33.2 Å². The molecule has 15 heteroatoms. The summed E-state index contributed by atoms with van der Waals surface area (Å²) >= 11 is 0. The Labute approximate surface area is 224 Å². The number of hydrogen-bond acceptors (Lipinski definition) is 8. The van der Waals surface area contributed by atoms with E-state index in [4.69, 9.17) is 17.2 Å². The summed E-state index contributed by atoms with van der Waals surface area (Å²) in [6.07, 6.45) is 3.40. The van der Waals surface area contributed by atoms with Crippen LogP contribution in [0.15, 0.2) is 47.8 Å². The first-order valence-corrected chi connectivity index (χ1v) is 12.2. The molecule has 2 aromatic rings. The van der Waals surface area contributed by atoms with Gasteiger partial charge in [0.15, 0.2) is 5.96 Å². The van der Waals surface area contributed by atoms with Gasteiger partial charge in [0, 0.05) is 31.3 Å². The van der Waals surface area contributed by atoms with E-state index in [1.54, 1.807) is 30.3 Å². The lowest BCUT2D eigenvalue weighted by atomic mass is 10.0. The molecule has 0 aliphatic rings. The van der Waals surface area contributed by atoms with E-state index in [2.05, 4.69) is 30.9 Å². The number of H-pyrrole nitrogens is 1. The van der Waals surface area contributed by atoms with Crippen molar-refractivity contribution in [2.45, 2.75) is 49.9 Å². The van der Waals surface area contributed by atoms with Gasteiger partial charge in [0.05, 0.1) is 19.0 Å². The van der Waals surface area contributed by atoms with Crippen molar-refractivity contribution < 1.29 is 29.4 Å². The summed E-state index contributed by atoms with van der Waals surface area (Å²) in [5.41, 5.74) is 17.5. The minimum atomic E-state index is -1.41. The number of benzene rings is 1. The summed E-state index contributed by atoms with van der Waals surface area (Å²) in [6.45, 7) is -0.503. The van der Waals surface area contributed by atoms with Crippen molar-refractivity contribution in [3.63, 3.8) is 0 Å². The van der Waals surface area contributed by atoms with E-state index in [9.17, 15) is 29.4 Å². The van der Waals surface area contributed by atoms with Gasteiger partial charge in [-0.1, -0.05) is 30.3 Å². The largest absolute Gasteiger partial charge is 0.480 e. The third kappa shape index (κ3) is 10.8. The lowest BCUT2D eigenvalue weighted by Crippen LogP contribution is -2.58. The van der Waals surface area contributed by atoms with Crippen LogP contribution >= 0.6 is 0 Å². The second kappa shape index (κ2) is 15.7. The van der Waals surface area contributed by atoms with E-state index in [1.807, 2.05) is 0 Å². The van der Waals surface area contributed by atoms with Crippen LogP contribution in [0.1, 0.15) is 24.1 Å². The Bertz CT molecular complexity index is 1110. The van der Waals surface area contributed by atoms with Crippen LogP contribution in [-0.2, 0) is 32.0 Å². The van der Waals surface area contributed by atoms with Gasteiger partial charge in [-0.25, -0.2) is 9.78 Å². The maximum absolute atomic E-state index is 13.1. The number of aliphatic carboxylic acids is 1. The van der Waals surface area contributed by atoms with Gasteiger partial charge in [0.1, 0.15) is 18.1 Å². The molecule has 0 saturated heterocycles. The zero-order valence-electron chi connectivity index (χ0n) is 21.2. The predicted molar refractivity (Wildman–Crippen MR) is 141 cm³/mol. The monoisotopic (exact) mass is 545 g/mol. The van der Waals surface area contributed by atoms with Crippen molar-refractivity contribution in [3.8, 4) is 0 Å². The fourth-order valence-corrected chi connectivity index (χ4v) is 3.54. The molecule has 0 spiro atoms. The van der Waals surface area contributed by atoms with Gasteiger partial charge >= 0.3 is 5.97 Å². The van der Waals surface area contributed by atoms with Gasteiger partial charge in [0.2, 0.25) is 17.7 Å². The molecule has 12 N–H and O–H groups in total. The number of carbonyl (C=O) groups excluding carboxylic acids is 3. The molecule has 3 amide bonds. The van der Waals surface area contributed by atoms with Gasteiger partial charge in [-0.05, 0) is 18.4 Å². The van der Waals surface area contributed by atoms with Crippen molar-refractivity contribution in [2.75, 3.05) is 13.2 Å². The van der Waals surface area contributed by atoms with Gasteiger partial charge in [-0.15, -0.1) is 0 Å². The molecule has 4 unspecified atom stereocenters. The first kappa shape index (κ1) is 30.7. The van der Waals surface area contributed by atoms with Crippen molar-refractivity contribution >= 4 is 29.7 Å². The van der Waals surface area contributed by atoms with E-state index < -0.39 is 54.5 Å². The lowest BCUT2D eigenvalue weighted by molar-refractivity contribution is -0.142. The summed E-state index contributed by atoms with van der Waals surface area (Å²) < 4.78 is 0. The number of carboxylic acid groups (broad SMARTS) is 1. The third-order valence-corrected chi connectivity index (χ3v) is 5.63. The second-order valence-corrected chi connectivity index (χ2v) is 8.73. The third-order valence-electron chi connectivity index (χ3n) is 5.63. The number of rotatable bonds is 16. The Hall–Kier alpha value is -4.50. The number of hydrogen-bond donors (Lipinski definition) is 9. The molecule has 0 radical (unpaired) electrons. The highest BCUT2D eigenvalue weighted by Gasteiger charge is 2.30. The number of carboxylic acids is 1. The Kier molecular flexibility index (Phi) is 12.4. The fourth-order valence-electron chi connectivity index (χ4n) is 3.54. The maximum atomic E-state index is 13.1. The van der Waals surface area contributed by atoms with E-state index in [0.717, 1.165) is 0 Å². The molecule has 4 atom stereocenters. The summed E-state index contributed by atoms with van der Waals surface area (Å²) in [6, 6.07) is 3.80. The molecule has 0 aliphatic carbocycles. The highest BCUT2D eigenvalue weighted by molar-refractivity contribution is 5.94. The molecule has 15 nitrogen and oxygen atoms in total. The van der Waals surface area contributed by atoms with Gasteiger partial charge < -0.3 is 48.3 Å². The minimum Gasteiger partial charge on any atom is -0.480 e. The number of guanidine groups is 1. The van der Waals surface area contributed by atoms with Crippen LogP contribution in [0.5, 0.6) is 0 Å². The maximum Gasteiger partial charge on any atom is 0.326 e. The number of aromatic nitrogens is 2. The van der Waals surface area contributed by atoms with Crippen LogP contribution in [0.4, 0.5) is 0 Å². The average molecular weight is 546 g/mol.